The number of carbonyl (C=O) groups excluding carboxylic acids is 1. The van der Waals surface area contributed by atoms with Crippen LogP contribution in [0.1, 0.15) is 17.5 Å². The van der Waals surface area contributed by atoms with Crippen molar-refractivity contribution >= 4 is 24.1 Å². The topological polar surface area (TPSA) is 75.6 Å². The average Bonchev–Trinajstić information content (AvgIpc) is 2.83. The number of carboxylic acids is 1. The third-order valence-electron chi connectivity index (χ3n) is 3.38. The van der Waals surface area contributed by atoms with E-state index in [0.717, 1.165) is 17.9 Å². The number of carbonyl (C=O) groups is 2. The van der Waals surface area contributed by atoms with Crippen LogP contribution in [0.3, 0.4) is 0 Å². The number of thioether (sulfide) groups is 1. The number of ether oxygens (including phenoxy) is 1. The highest BCUT2D eigenvalue weighted by Gasteiger charge is 2.23. The van der Waals surface area contributed by atoms with Crippen molar-refractivity contribution in [2.45, 2.75) is 31.9 Å². The van der Waals surface area contributed by atoms with Crippen LogP contribution in [0.15, 0.2) is 18.2 Å². The molecule has 1 aromatic carbocycles. The molecule has 0 radical (unpaired) electrons. The van der Waals surface area contributed by atoms with Crippen LogP contribution in [0, 0.1) is 6.92 Å². The number of rotatable bonds is 8. The molecule has 1 aliphatic rings. The lowest BCUT2D eigenvalue weighted by Gasteiger charge is -2.12. The third kappa shape index (κ3) is 4.39. The Kier molecular flexibility index (Phi) is 5.50. The Bertz CT molecular complexity index is 520. The molecule has 1 aromatic rings. The predicted octanol–water partition coefficient (Wildman–Crippen LogP) is 1.62. The lowest BCUT2D eigenvalue weighted by molar-refractivity contribution is -0.140. The number of fused-ring (bicyclic) bond motifs is 1. The van der Waals surface area contributed by atoms with Gasteiger partial charge in [0.2, 0.25) is 6.41 Å². The summed E-state index contributed by atoms with van der Waals surface area (Å²) in [5.41, 5.74) is 2.47. The van der Waals surface area contributed by atoms with Gasteiger partial charge in [0.1, 0.15) is 17.9 Å². The zero-order valence-corrected chi connectivity index (χ0v) is 12.7. The highest BCUT2D eigenvalue weighted by atomic mass is 32.2. The van der Waals surface area contributed by atoms with Crippen LogP contribution >= 0.6 is 11.8 Å². The monoisotopic (exact) mass is 309 g/mol. The minimum Gasteiger partial charge on any atom is -0.489 e. The Labute approximate surface area is 128 Å². The predicted molar refractivity (Wildman–Crippen MR) is 81.9 cm³/mol. The second kappa shape index (κ2) is 7.36. The van der Waals surface area contributed by atoms with Crippen molar-refractivity contribution < 1.29 is 19.4 Å². The maximum Gasteiger partial charge on any atom is 0.326 e. The fourth-order valence-electron chi connectivity index (χ4n) is 2.32. The van der Waals surface area contributed by atoms with E-state index in [9.17, 15) is 9.59 Å². The number of hydrogen-bond acceptors (Lipinski definition) is 4. The van der Waals surface area contributed by atoms with Crippen LogP contribution in [0.4, 0.5) is 0 Å². The molecule has 0 aliphatic carbocycles. The van der Waals surface area contributed by atoms with Crippen molar-refractivity contribution in [1.82, 2.24) is 5.32 Å². The molecule has 0 saturated heterocycles. The smallest absolute Gasteiger partial charge is 0.326 e. The van der Waals surface area contributed by atoms with Crippen LogP contribution in [-0.4, -0.2) is 41.1 Å². The van der Waals surface area contributed by atoms with Gasteiger partial charge in [-0.15, -0.1) is 0 Å². The summed E-state index contributed by atoms with van der Waals surface area (Å²) in [6, 6.07) is 5.38. The molecule has 0 fully saturated rings. The normalized spacial score (nSPS) is 17.7. The van der Waals surface area contributed by atoms with Gasteiger partial charge in [-0.05, 0) is 30.7 Å². The molecule has 6 heteroatoms. The minimum absolute atomic E-state index is 0.147. The second-order valence-corrected chi connectivity index (χ2v) is 6.24. The molecule has 1 amide bonds. The SMILES string of the molecule is Cc1ccc2c(c1)CC(CSCCC(NC=O)C(=O)O)O2. The fourth-order valence-corrected chi connectivity index (χ4v) is 3.34. The van der Waals surface area contributed by atoms with Crippen LogP contribution in [0.25, 0.3) is 0 Å². The number of carboxylic acid groups (broad SMARTS) is 1. The molecule has 2 atom stereocenters. The molecule has 0 spiro atoms. The Hall–Kier alpha value is -1.69. The third-order valence-corrected chi connectivity index (χ3v) is 4.51. The summed E-state index contributed by atoms with van der Waals surface area (Å²) in [5.74, 6) is 1.45. The summed E-state index contributed by atoms with van der Waals surface area (Å²) >= 11 is 1.65. The van der Waals surface area contributed by atoms with E-state index in [4.69, 9.17) is 9.84 Å². The number of benzene rings is 1. The second-order valence-electron chi connectivity index (χ2n) is 5.09. The van der Waals surface area contributed by atoms with Crippen molar-refractivity contribution in [3.05, 3.63) is 29.3 Å². The highest BCUT2D eigenvalue weighted by Crippen LogP contribution is 2.30. The van der Waals surface area contributed by atoms with Gasteiger partial charge in [-0.25, -0.2) is 4.79 Å². The molecule has 0 saturated carbocycles. The summed E-state index contributed by atoms with van der Waals surface area (Å²) < 4.78 is 5.85. The average molecular weight is 309 g/mol. The standard InChI is InChI=1S/C15H19NO4S/c1-10-2-3-14-11(6-10)7-12(20-14)8-21-5-4-13(15(18)19)16-9-17/h2-3,6,9,12-13H,4-5,7-8H2,1H3,(H,16,17)(H,18,19). The Morgan fingerprint density at radius 1 is 1.62 bits per heavy atom. The van der Waals surface area contributed by atoms with Gasteiger partial charge in [-0.2, -0.15) is 11.8 Å². The van der Waals surface area contributed by atoms with E-state index in [1.54, 1.807) is 11.8 Å². The zero-order chi connectivity index (χ0) is 15.2. The zero-order valence-electron chi connectivity index (χ0n) is 11.9. The fraction of sp³-hybridized carbons (Fsp3) is 0.467. The van der Waals surface area contributed by atoms with Crippen molar-refractivity contribution in [2.75, 3.05) is 11.5 Å². The van der Waals surface area contributed by atoms with Gasteiger partial charge in [0.05, 0.1) is 0 Å². The molecular formula is C15H19NO4S. The number of amides is 1. The molecule has 21 heavy (non-hydrogen) atoms. The summed E-state index contributed by atoms with van der Waals surface area (Å²) in [7, 11) is 0. The molecular weight excluding hydrogens is 290 g/mol. The summed E-state index contributed by atoms with van der Waals surface area (Å²) in [6.07, 6.45) is 1.90. The van der Waals surface area contributed by atoms with Gasteiger partial charge in [0.25, 0.3) is 0 Å². The van der Waals surface area contributed by atoms with Gasteiger partial charge in [0, 0.05) is 12.2 Å². The Morgan fingerprint density at radius 2 is 2.43 bits per heavy atom. The maximum absolute atomic E-state index is 10.9. The molecule has 2 N–H and O–H groups in total. The molecule has 2 rings (SSSR count). The molecule has 114 valence electrons. The lowest BCUT2D eigenvalue weighted by atomic mass is 10.1. The Balaban J connectivity index is 1.71. The number of hydrogen-bond donors (Lipinski definition) is 2. The van der Waals surface area contributed by atoms with E-state index in [1.807, 2.05) is 12.1 Å². The van der Waals surface area contributed by atoms with Crippen molar-refractivity contribution in [3.63, 3.8) is 0 Å². The molecule has 1 aliphatic heterocycles. The van der Waals surface area contributed by atoms with Gasteiger partial charge >= 0.3 is 5.97 Å². The Morgan fingerprint density at radius 3 is 3.14 bits per heavy atom. The van der Waals surface area contributed by atoms with E-state index < -0.39 is 12.0 Å². The summed E-state index contributed by atoms with van der Waals surface area (Å²) in [5, 5.41) is 11.2. The van der Waals surface area contributed by atoms with E-state index in [1.165, 1.54) is 11.1 Å². The van der Waals surface area contributed by atoms with Crippen molar-refractivity contribution in [2.24, 2.45) is 0 Å². The summed E-state index contributed by atoms with van der Waals surface area (Å²) in [6.45, 7) is 2.06. The quantitative estimate of drug-likeness (QED) is 0.564. The van der Waals surface area contributed by atoms with Gasteiger partial charge in [-0.1, -0.05) is 17.7 Å². The largest absolute Gasteiger partial charge is 0.489 e. The maximum atomic E-state index is 10.9. The van der Waals surface area contributed by atoms with Crippen LogP contribution in [0.2, 0.25) is 0 Å². The van der Waals surface area contributed by atoms with E-state index in [0.29, 0.717) is 18.6 Å². The van der Waals surface area contributed by atoms with Crippen LogP contribution in [0.5, 0.6) is 5.75 Å². The first-order valence-electron chi connectivity index (χ1n) is 6.86. The molecule has 1 heterocycles. The van der Waals surface area contributed by atoms with E-state index in [-0.39, 0.29) is 6.10 Å². The highest BCUT2D eigenvalue weighted by molar-refractivity contribution is 7.99. The first-order chi connectivity index (χ1) is 10.1. The van der Waals surface area contributed by atoms with Crippen LogP contribution < -0.4 is 10.1 Å². The number of nitrogens with one attached hydrogen (secondary N) is 1. The lowest BCUT2D eigenvalue weighted by Crippen LogP contribution is -2.36. The molecule has 5 nitrogen and oxygen atoms in total. The van der Waals surface area contributed by atoms with Gasteiger partial charge in [-0.3, -0.25) is 4.79 Å². The number of aliphatic carboxylic acids is 1. The van der Waals surface area contributed by atoms with E-state index in [2.05, 4.69) is 18.3 Å². The van der Waals surface area contributed by atoms with Crippen molar-refractivity contribution in [3.8, 4) is 5.75 Å². The van der Waals surface area contributed by atoms with Gasteiger partial charge in [0.15, 0.2) is 0 Å². The van der Waals surface area contributed by atoms with Gasteiger partial charge < -0.3 is 15.2 Å². The molecule has 2 unspecified atom stereocenters. The van der Waals surface area contributed by atoms with Crippen LogP contribution in [-0.2, 0) is 16.0 Å². The van der Waals surface area contributed by atoms with Crippen molar-refractivity contribution in [1.29, 1.82) is 0 Å². The number of aryl methyl sites for hydroxylation is 1. The molecule has 0 bridgehead atoms. The summed E-state index contributed by atoms with van der Waals surface area (Å²) in [4.78, 5) is 21.2. The van der Waals surface area contributed by atoms with E-state index >= 15 is 0 Å². The molecule has 0 aromatic heterocycles. The first kappa shape index (κ1) is 15.7. The first-order valence-corrected chi connectivity index (χ1v) is 8.02. The minimum atomic E-state index is -0.998.